The molecule has 1 heterocycles. The van der Waals surface area contributed by atoms with Crippen LogP contribution in [0.25, 0.3) is 0 Å². The van der Waals surface area contributed by atoms with E-state index in [2.05, 4.69) is 38.1 Å². The molecule has 0 aromatic heterocycles. The molecule has 1 aliphatic rings. The van der Waals surface area contributed by atoms with Gasteiger partial charge in [-0.2, -0.15) is 0 Å². The Bertz CT molecular complexity index is 338. The van der Waals surface area contributed by atoms with Crippen molar-refractivity contribution in [2.24, 2.45) is 11.7 Å². The fraction of sp³-hybridized carbons (Fsp3) is 0.600. The van der Waals surface area contributed by atoms with Crippen LogP contribution in [-0.2, 0) is 4.74 Å². The number of nitrogens with two attached hydrogens (primary N) is 1. The number of ether oxygens (including phenoxy) is 1. The molecule has 1 aromatic rings. The zero-order valence-electron chi connectivity index (χ0n) is 10.8. The maximum Gasteiger partial charge on any atom is 0.0583 e. The summed E-state index contributed by atoms with van der Waals surface area (Å²) in [5.41, 5.74) is 7.52. The third kappa shape index (κ3) is 3.30. The highest BCUT2D eigenvalue weighted by molar-refractivity contribution is 5.19. The van der Waals surface area contributed by atoms with E-state index in [1.165, 1.54) is 18.4 Å². The van der Waals surface area contributed by atoms with Crippen molar-refractivity contribution in [1.82, 2.24) is 0 Å². The second kappa shape index (κ2) is 5.65. The molecule has 0 amide bonds. The topological polar surface area (TPSA) is 35.2 Å². The van der Waals surface area contributed by atoms with Crippen molar-refractivity contribution in [3.63, 3.8) is 0 Å². The molecule has 0 aliphatic carbocycles. The normalized spacial score (nSPS) is 27.9. The van der Waals surface area contributed by atoms with Crippen LogP contribution >= 0.6 is 0 Å². The van der Waals surface area contributed by atoms with Crippen molar-refractivity contribution in [1.29, 1.82) is 0 Å². The van der Waals surface area contributed by atoms with Gasteiger partial charge in [0.15, 0.2) is 0 Å². The van der Waals surface area contributed by atoms with Crippen molar-refractivity contribution < 1.29 is 4.74 Å². The zero-order chi connectivity index (χ0) is 12.3. The molecule has 0 spiro atoms. The van der Waals surface area contributed by atoms with E-state index >= 15 is 0 Å². The average molecular weight is 233 g/mol. The summed E-state index contributed by atoms with van der Waals surface area (Å²) in [6.45, 7) is 4.38. The minimum atomic E-state index is 0.121. The van der Waals surface area contributed by atoms with Crippen molar-refractivity contribution in [2.45, 2.75) is 51.4 Å². The third-order valence-corrected chi connectivity index (χ3v) is 3.75. The van der Waals surface area contributed by atoms with E-state index in [0.29, 0.717) is 18.1 Å². The van der Waals surface area contributed by atoms with Crippen LogP contribution in [0, 0.1) is 5.92 Å². The zero-order valence-corrected chi connectivity index (χ0v) is 10.8. The van der Waals surface area contributed by atoms with Gasteiger partial charge in [-0.05, 0) is 37.7 Å². The Balaban J connectivity index is 1.89. The fourth-order valence-corrected chi connectivity index (χ4v) is 2.62. The molecule has 1 aliphatic heterocycles. The second-order valence-electron chi connectivity index (χ2n) is 5.30. The van der Waals surface area contributed by atoms with Gasteiger partial charge < -0.3 is 10.5 Å². The van der Waals surface area contributed by atoms with Gasteiger partial charge in [-0.3, -0.25) is 0 Å². The largest absolute Gasteiger partial charge is 0.375 e. The summed E-state index contributed by atoms with van der Waals surface area (Å²) in [5, 5.41) is 0. The summed E-state index contributed by atoms with van der Waals surface area (Å²) >= 11 is 0. The van der Waals surface area contributed by atoms with Gasteiger partial charge in [0.05, 0.1) is 12.2 Å². The molecule has 1 aromatic carbocycles. The summed E-state index contributed by atoms with van der Waals surface area (Å²) < 4.78 is 5.86. The van der Waals surface area contributed by atoms with E-state index in [4.69, 9.17) is 10.5 Å². The molecular formula is C15H23NO. The van der Waals surface area contributed by atoms with Crippen LogP contribution in [0.3, 0.4) is 0 Å². The Morgan fingerprint density at radius 3 is 2.59 bits per heavy atom. The fourth-order valence-electron chi connectivity index (χ4n) is 2.62. The second-order valence-corrected chi connectivity index (χ2v) is 5.30. The molecule has 17 heavy (non-hydrogen) atoms. The minimum absolute atomic E-state index is 0.121. The van der Waals surface area contributed by atoms with Crippen LogP contribution in [0.5, 0.6) is 0 Å². The maximum atomic E-state index is 6.30. The Labute approximate surface area is 104 Å². The summed E-state index contributed by atoms with van der Waals surface area (Å²) in [4.78, 5) is 0. The Morgan fingerprint density at radius 2 is 2.00 bits per heavy atom. The first-order valence-corrected chi connectivity index (χ1v) is 6.63. The van der Waals surface area contributed by atoms with Gasteiger partial charge in [-0.25, -0.2) is 0 Å². The standard InChI is InChI=1S/C15H23NO/c1-11(10-14-9-8-12(2)17-14)15(16)13-6-4-3-5-7-13/h3-7,11-12,14-15H,8-10,16H2,1-2H3. The molecule has 0 bridgehead atoms. The lowest BCUT2D eigenvalue weighted by molar-refractivity contribution is 0.0400. The lowest BCUT2D eigenvalue weighted by atomic mass is 9.90. The van der Waals surface area contributed by atoms with Crippen LogP contribution in [0.15, 0.2) is 30.3 Å². The van der Waals surface area contributed by atoms with Crippen LogP contribution < -0.4 is 5.73 Å². The predicted octanol–water partition coefficient (Wildman–Crippen LogP) is 3.28. The van der Waals surface area contributed by atoms with E-state index in [-0.39, 0.29) is 6.04 Å². The number of hydrogen-bond donors (Lipinski definition) is 1. The highest BCUT2D eigenvalue weighted by atomic mass is 16.5. The van der Waals surface area contributed by atoms with E-state index in [9.17, 15) is 0 Å². The summed E-state index contributed by atoms with van der Waals surface area (Å²) in [6, 6.07) is 10.5. The van der Waals surface area contributed by atoms with Gasteiger partial charge in [0.1, 0.15) is 0 Å². The maximum absolute atomic E-state index is 6.30. The third-order valence-electron chi connectivity index (χ3n) is 3.75. The quantitative estimate of drug-likeness (QED) is 0.866. The first-order valence-electron chi connectivity index (χ1n) is 6.63. The van der Waals surface area contributed by atoms with Gasteiger partial charge in [0, 0.05) is 6.04 Å². The molecule has 94 valence electrons. The Hall–Kier alpha value is -0.860. The highest BCUT2D eigenvalue weighted by Gasteiger charge is 2.26. The van der Waals surface area contributed by atoms with Crippen molar-refractivity contribution in [3.8, 4) is 0 Å². The van der Waals surface area contributed by atoms with Crippen LogP contribution in [-0.4, -0.2) is 12.2 Å². The van der Waals surface area contributed by atoms with Crippen molar-refractivity contribution >= 4 is 0 Å². The van der Waals surface area contributed by atoms with E-state index < -0.39 is 0 Å². The molecule has 0 radical (unpaired) electrons. The molecule has 4 atom stereocenters. The number of hydrogen-bond acceptors (Lipinski definition) is 2. The number of rotatable bonds is 4. The summed E-state index contributed by atoms with van der Waals surface area (Å²) in [7, 11) is 0. The van der Waals surface area contributed by atoms with Gasteiger partial charge in [0.2, 0.25) is 0 Å². The lowest BCUT2D eigenvalue weighted by Crippen LogP contribution is -2.23. The molecular weight excluding hydrogens is 210 g/mol. The average Bonchev–Trinajstić information content (AvgIpc) is 2.75. The predicted molar refractivity (Wildman–Crippen MR) is 70.7 cm³/mol. The first kappa shape index (κ1) is 12.6. The highest BCUT2D eigenvalue weighted by Crippen LogP contribution is 2.29. The first-order chi connectivity index (χ1) is 8.16. The molecule has 2 rings (SSSR count). The molecule has 4 unspecified atom stereocenters. The molecule has 2 N–H and O–H groups in total. The van der Waals surface area contributed by atoms with E-state index in [0.717, 1.165) is 6.42 Å². The monoisotopic (exact) mass is 233 g/mol. The van der Waals surface area contributed by atoms with Crippen molar-refractivity contribution in [2.75, 3.05) is 0 Å². The lowest BCUT2D eigenvalue weighted by Gasteiger charge is -2.23. The van der Waals surface area contributed by atoms with Crippen LogP contribution in [0.2, 0.25) is 0 Å². The van der Waals surface area contributed by atoms with Gasteiger partial charge in [-0.1, -0.05) is 37.3 Å². The van der Waals surface area contributed by atoms with Crippen molar-refractivity contribution in [3.05, 3.63) is 35.9 Å². The Kier molecular flexibility index (Phi) is 4.19. The smallest absolute Gasteiger partial charge is 0.0583 e. The molecule has 2 heteroatoms. The van der Waals surface area contributed by atoms with Gasteiger partial charge >= 0.3 is 0 Å². The SMILES string of the molecule is CC1CCC(CC(C)C(N)c2ccccc2)O1. The Morgan fingerprint density at radius 1 is 1.29 bits per heavy atom. The molecule has 0 saturated carbocycles. The van der Waals surface area contributed by atoms with Crippen LogP contribution in [0.1, 0.15) is 44.7 Å². The van der Waals surface area contributed by atoms with E-state index in [1.54, 1.807) is 0 Å². The summed E-state index contributed by atoms with van der Waals surface area (Å²) in [6.07, 6.45) is 4.29. The van der Waals surface area contributed by atoms with Crippen LogP contribution in [0.4, 0.5) is 0 Å². The van der Waals surface area contributed by atoms with Gasteiger partial charge in [0.25, 0.3) is 0 Å². The molecule has 1 fully saturated rings. The molecule has 1 saturated heterocycles. The molecule has 2 nitrogen and oxygen atoms in total. The minimum Gasteiger partial charge on any atom is -0.375 e. The van der Waals surface area contributed by atoms with E-state index in [1.807, 2.05) is 6.07 Å². The summed E-state index contributed by atoms with van der Waals surface area (Å²) in [5.74, 6) is 0.465. The number of benzene rings is 1. The van der Waals surface area contributed by atoms with Gasteiger partial charge in [-0.15, -0.1) is 0 Å².